The summed E-state index contributed by atoms with van der Waals surface area (Å²) >= 11 is 3.35. The zero-order valence-corrected chi connectivity index (χ0v) is 12.6. The minimum absolute atomic E-state index is 0.179. The third-order valence-corrected chi connectivity index (χ3v) is 4.06. The molecule has 1 aromatic carbocycles. The molecular formula is C14H18BrFN2O. The summed E-state index contributed by atoms with van der Waals surface area (Å²) < 4.78 is 13.7. The molecule has 0 aliphatic carbocycles. The molecular weight excluding hydrogens is 311 g/mol. The van der Waals surface area contributed by atoms with Crippen LogP contribution in [-0.2, 0) is 11.3 Å². The van der Waals surface area contributed by atoms with Crippen LogP contribution in [0, 0.1) is 5.82 Å². The van der Waals surface area contributed by atoms with Gasteiger partial charge in [0.1, 0.15) is 5.82 Å². The molecule has 1 aliphatic heterocycles. The van der Waals surface area contributed by atoms with E-state index < -0.39 is 0 Å². The lowest BCUT2D eigenvalue weighted by Crippen LogP contribution is -2.37. The van der Waals surface area contributed by atoms with E-state index in [0.717, 1.165) is 36.0 Å². The Morgan fingerprint density at radius 1 is 1.42 bits per heavy atom. The van der Waals surface area contributed by atoms with Crippen LogP contribution in [0.15, 0.2) is 22.7 Å². The van der Waals surface area contributed by atoms with Gasteiger partial charge in [0.15, 0.2) is 0 Å². The van der Waals surface area contributed by atoms with Crippen LogP contribution < -0.4 is 0 Å². The highest BCUT2D eigenvalue weighted by Crippen LogP contribution is 2.19. The van der Waals surface area contributed by atoms with Crippen molar-refractivity contribution < 1.29 is 9.18 Å². The first-order chi connectivity index (χ1) is 9.06. The third-order valence-electron chi connectivity index (χ3n) is 3.32. The van der Waals surface area contributed by atoms with Gasteiger partial charge in [0, 0.05) is 24.1 Å². The van der Waals surface area contributed by atoms with Gasteiger partial charge in [-0.15, -0.1) is 0 Å². The van der Waals surface area contributed by atoms with Crippen LogP contribution in [0.5, 0.6) is 0 Å². The van der Waals surface area contributed by atoms with Gasteiger partial charge >= 0.3 is 0 Å². The molecule has 5 heteroatoms. The summed E-state index contributed by atoms with van der Waals surface area (Å²) in [7, 11) is 1.91. The maximum absolute atomic E-state index is 13.0. The van der Waals surface area contributed by atoms with Gasteiger partial charge in [-0.25, -0.2) is 4.39 Å². The quantitative estimate of drug-likeness (QED) is 0.848. The van der Waals surface area contributed by atoms with Gasteiger partial charge in [-0.1, -0.05) is 22.0 Å². The molecule has 1 fully saturated rings. The Kier molecular flexibility index (Phi) is 4.93. The fourth-order valence-corrected chi connectivity index (χ4v) is 2.77. The SMILES string of the molecule is CN(CC(=O)N1CCCC1)Cc1ccc(F)cc1Br. The smallest absolute Gasteiger partial charge is 0.236 e. The topological polar surface area (TPSA) is 23.6 Å². The molecule has 0 radical (unpaired) electrons. The molecule has 0 unspecified atom stereocenters. The summed E-state index contributed by atoms with van der Waals surface area (Å²) in [6.45, 7) is 2.80. The minimum Gasteiger partial charge on any atom is -0.342 e. The lowest BCUT2D eigenvalue weighted by molar-refractivity contribution is -0.131. The second-order valence-corrected chi connectivity index (χ2v) is 5.85. The lowest BCUT2D eigenvalue weighted by Gasteiger charge is -2.21. The first kappa shape index (κ1) is 14.5. The molecule has 19 heavy (non-hydrogen) atoms. The number of halogens is 2. The van der Waals surface area contributed by atoms with Crippen molar-refractivity contribution >= 4 is 21.8 Å². The minimum atomic E-state index is -0.258. The van der Waals surface area contributed by atoms with Crippen molar-refractivity contribution in [3.05, 3.63) is 34.1 Å². The molecule has 1 aromatic rings. The highest BCUT2D eigenvalue weighted by atomic mass is 79.9. The summed E-state index contributed by atoms with van der Waals surface area (Å²) in [5.41, 5.74) is 0.984. The van der Waals surface area contributed by atoms with E-state index in [-0.39, 0.29) is 11.7 Å². The Labute approximate surface area is 121 Å². The van der Waals surface area contributed by atoms with Crippen molar-refractivity contribution in [2.24, 2.45) is 0 Å². The molecule has 1 saturated heterocycles. The molecule has 1 aliphatic rings. The van der Waals surface area contributed by atoms with E-state index in [0.29, 0.717) is 13.1 Å². The van der Waals surface area contributed by atoms with E-state index in [9.17, 15) is 9.18 Å². The summed E-state index contributed by atoms with van der Waals surface area (Å²) in [6, 6.07) is 4.64. The van der Waals surface area contributed by atoms with Crippen molar-refractivity contribution in [1.29, 1.82) is 0 Å². The van der Waals surface area contributed by atoms with Gasteiger partial charge in [-0.3, -0.25) is 9.69 Å². The zero-order chi connectivity index (χ0) is 13.8. The third kappa shape index (κ3) is 4.01. The standard InChI is InChI=1S/C14H18BrFN2O/c1-17(10-14(19)18-6-2-3-7-18)9-11-4-5-12(16)8-13(11)15/h4-5,8H,2-3,6-7,9-10H2,1H3. The molecule has 1 heterocycles. The monoisotopic (exact) mass is 328 g/mol. The van der Waals surface area contributed by atoms with Gasteiger partial charge in [0.05, 0.1) is 6.54 Å². The van der Waals surface area contributed by atoms with Crippen LogP contribution in [-0.4, -0.2) is 42.4 Å². The number of amides is 1. The number of rotatable bonds is 4. The van der Waals surface area contributed by atoms with Gasteiger partial charge in [0.2, 0.25) is 5.91 Å². The van der Waals surface area contributed by atoms with Crippen LogP contribution in [0.1, 0.15) is 18.4 Å². The molecule has 0 bridgehead atoms. The largest absolute Gasteiger partial charge is 0.342 e. The maximum Gasteiger partial charge on any atom is 0.236 e. The normalized spacial score (nSPS) is 15.3. The number of hydrogen-bond acceptors (Lipinski definition) is 2. The highest BCUT2D eigenvalue weighted by molar-refractivity contribution is 9.10. The fraction of sp³-hybridized carbons (Fsp3) is 0.500. The number of benzene rings is 1. The lowest BCUT2D eigenvalue weighted by atomic mass is 10.2. The van der Waals surface area contributed by atoms with E-state index in [1.807, 2.05) is 16.8 Å². The fourth-order valence-electron chi connectivity index (χ4n) is 2.29. The molecule has 2 rings (SSSR count). The van der Waals surface area contributed by atoms with E-state index in [1.54, 1.807) is 6.07 Å². The molecule has 1 amide bonds. The average Bonchev–Trinajstić information content (AvgIpc) is 2.86. The Bertz CT molecular complexity index is 461. The highest BCUT2D eigenvalue weighted by Gasteiger charge is 2.19. The Hall–Kier alpha value is -0.940. The number of likely N-dealkylation sites (N-methyl/N-ethyl adjacent to an activating group) is 1. The van der Waals surface area contributed by atoms with Crippen LogP contribution in [0.2, 0.25) is 0 Å². The number of carbonyl (C=O) groups excluding carboxylic acids is 1. The molecule has 3 nitrogen and oxygen atoms in total. The van der Waals surface area contributed by atoms with Gasteiger partial charge in [0.25, 0.3) is 0 Å². The number of carbonyl (C=O) groups is 1. The average molecular weight is 329 g/mol. The Balaban J connectivity index is 1.89. The molecule has 104 valence electrons. The summed E-state index contributed by atoms with van der Waals surface area (Å²) in [5.74, 6) is -0.0790. The molecule has 0 saturated carbocycles. The summed E-state index contributed by atoms with van der Waals surface area (Å²) in [4.78, 5) is 15.9. The molecule has 0 spiro atoms. The summed E-state index contributed by atoms with van der Waals surface area (Å²) in [5, 5.41) is 0. The maximum atomic E-state index is 13.0. The second kappa shape index (κ2) is 6.48. The first-order valence-corrected chi connectivity index (χ1v) is 7.26. The number of likely N-dealkylation sites (tertiary alicyclic amines) is 1. The van der Waals surface area contributed by atoms with Crippen molar-refractivity contribution in [1.82, 2.24) is 9.80 Å². The molecule has 0 atom stereocenters. The van der Waals surface area contributed by atoms with E-state index in [2.05, 4.69) is 15.9 Å². The van der Waals surface area contributed by atoms with Gasteiger partial charge in [-0.2, -0.15) is 0 Å². The van der Waals surface area contributed by atoms with Crippen LogP contribution in [0.4, 0.5) is 4.39 Å². The van der Waals surface area contributed by atoms with Crippen molar-refractivity contribution in [2.45, 2.75) is 19.4 Å². The van der Waals surface area contributed by atoms with Gasteiger partial charge < -0.3 is 4.90 Å². The number of nitrogens with zero attached hydrogens (tertiary/aromatic N) is 2. The molecule has 0 N–H and O–H groups in total. The van der Waals surface area contributed by atoms with Crippen LogP contribution in [0.3, 0.4) is 0 Å². The van der Waals surface area contributed by atoms with Gasteiger partial charge in [-0.05, 0) is 37.6 Å². The van der Waals surface area contributed by atoms with Crippen molar-refractivity contribution in [3.8, 4) is 0 Å². The van der Waals surface area contributed by atoms with Crippen molar-refractivity contribution in [2.75, 3.05) is 26.7 Å². The molecule has 0 aromatic heterocycles. The Morgan fingerprint density at radius 3 is 2.74 bits per heavy atom. The van der Waals surface area contributed by atoms with E-state index >= 15 is 0 Å². The predicted octanol–water partition coefficient (Wildman–Crippen LogP) is 2.64. The second-order valence-electron chi connectivity index (χ2n) is 5.00. The van der Waals surface area contributed by atoms with Crippen LogP contribution >= 0.6 is 15.9 Å². The van der Waals surface area contributed by atoms with E-state index in [1.165, 1.54) is 12.1 Å². The van der Waals surface area contributed by atoms with Crippen LogP contribution in [0.25, 0.3) is 0 Å². The summed E-state index contributed by atoms with van der Waals surface area (Å²) in [6.07, 6.45) is 2.22. The zero-order valence-electron chi connectivity index (χ0n) is 11.0. The van der Waals surface area contributed by atoms with Crippen molar-refractivity contribution in [3.63, 3.8) is 0 Å². The Morgan fingerprint density at radius 2 is 2.11 bits per heavy atom. The number of hydrogen-bond donors (Lipinski definition) is 0. The van der Waals surface area contributed by atoms with E-state index in [4.69, 9.17) is 0 Å². The first-order valence-electron chi connectivity index (χ1n) is 6.46. The predicted molar refractivity (Wildman–Crippen MR) is 76.2 cm³/mol.